The van der Waals surface area contributed by atoms with Gasteiger partial charge in [-0.15, -0.1) is 5.10 Å². The van der Waals surface area contributed by atoms with E-state index in [9.17, 15) is 5.11 Å². The van der Waals surface area contributed by atoms with Crippen LogP contribution in [-0.4, -0.2) is 20.1 Å². The molecule has 0 unspecified atom stereocenters. The fourth-order valence-electron chi connectivity index (χ4n) is 2.31. The maximum Gasteiger partial charge on any atom is 0.117 e. The lowest BCUT2D eigenvalue weighted by Gasteiger charge is -2.10. The first-order chi connectivity index (χ1) is 10.2. The Kier molecular flexibility index (Phi) is 3.73. The van der Waals surface area contributed by atoms with E-state index in [-0.39, 0.29) is 6.61 Å². The number of aryl methyl sites for hydroxylation is 1. The summed E-state index contributed by atoms with van der Waals surface area (Å²) in [6.07, 6.45) is 0. The molecule has 4 nitrogen and oxygen atoms in total. The van der Waals surface area contributed by atoms with Gasteiger partial charge in [0.15, 0.2) is 0 Å². The van der Waals surface area contributed by atoms with E-state index in [0.717, 1.165) is 22.5 Å². The van der Waals surface area contributed by atoms with Gasteiger partial charge < -0.3 is 5.11 Å². The van der Waals surface area contributed by atoms with Gasteiger partial charge in [-0.2, -0.15) is 0 Å². The van der Waals surface area contributed by atoms with Crippen molar-refractivity contribution >= 4 is 11.6 Å². The first-order valence-corrected chi connectivity index (χ1v) is 6.96. The standard InChI is InChI=1S/C16H14ClN3O/c1-11-5-2-3-8-15(11)20-16(14(10-21)18-19-20)12-6-4-7-13(17)9-12/h2-9,21H,10H2,1H3. The number of aliphatic hydroxyl groups is 1. The Morgan fingerprint density at radius 3 is 2.67 bits per heavy atom. The third-order valence-corrected chi connectivity index (χ3v) is 3.57. The highest BCUT2D eigenvalue weighted by Crippen LogP contribution is 2.28. The van der Waals surface area contributed by atoms with E-state index < -0.39 is 0 Å². The quantitative estimate of drug-likeness (QED) is 0.806. The molecule has 0 fully saturated rings. The van der Waals surface area contributed by atoms with E-state index in [1.54, 1.807) is 4.68 Å². The molecule has 1 aromatic heterocycles. The maximum atomic E-state index is 9.53. The third-order valence-electron chi connectivity index (χ3n) is 3.33. The van der Waals surface area contributed by atoms with Crippen LogP contribution in [0, 0.1) is 6.92 Å². The van der Waals surface area contributed by atoms with Gasteiger partial charge in [-0.1, -0.05) is 47.1 Å². The Morgan fingerprint density at radius 1 is 1.14 bits per heavy atom. The van der Waals surface area contributed by atoms with Crippen LogP contribution < -0.4 is 0 Å². The Balaban J connectivity index is 2.24. The average molecular weight is 300 g/mol. The average Bonchev–Trinajstić information content (AvgIpc) is 2.91. The van der Waals surface area contributed by atoms with E-state index >= 15 is 0 Å². The van der Waals surface area contributed by atoms with E-state index in [2.05, 4.69) is 10.3 Å². The number of aromatic nitrogens is 3. The molecule has 1 N–H and O–H groups in total. The fourth-order valence-corrected chi connectivity index (χ4v) is 2.50. The van der Waals surface area contributed by atoms with Gasteiger partial charge in [0.25, 0.3) is 0 Å². The Labute approximate surface area is 127 Å². The van der Waals surface area contributed by atoms with Crippen LogP contribution in [0.1, 0.15) is 11.3 Å². The minimum atomic E-state index is -0.173. The molecule has 0 saturated carbocycles. The van der Waals surface area contributed by atoms with Crippen molar-refractivity contribution in [1.29, 1.82) is 0 Å². The van der Waals surface area contributed by atoms with Gasteiger partial charge in [-0.3, -0.25) is 0 Å². The Morgan fingerprint density at radius 2 is 1.95 bits per heavy atom. The lowest BCUT2D eigenvalue weighted by molar-refractivity contribution is 0.277. The molecule has 0 aliphatic rings. The molecule has 0 radical (unpaired) electrons. The van der Waals surface area contributed by atoms with Crippen molar-refractivity contribution in [2.75, 3.05) is 0 Å². The summed E-state index contributed by atoms with van der Waals surface area (Å²) in [6, 6.07) is 15.4. The molecule has 2 aromatic carbocycles. The van der Waals surface area contributed by atoms with E-state index in [1.807, 2.05) is 55.5 Å². The van der Waals surface area contributed by atoms with Crippen LogP contribution in [0.3, 0.4) is 0 Å². The van der Waals surface area contributed by atoms with E-state index in [1.165, 1.54) is 0 Å². The van der Waals surface area contributed by atoms with Crippen molar-refractivity contribution in [3.05, 3.63) is 64.8 Å². The molecule has 5 heteroatoms. The van der Waals surface area contributed by atoms with Crippen LogP contribution in [0.25, 0.3) is 16.9 Å². The van der Waals surface area contributed by atoms with Crippen LogP contribution in [0.2, 0.25) is 5.02 Å². The molecular weight excluding hydrogens is 286 g/mol. The topological polar surface area (TPSA) is 50.9 Å². The van der Waals surface area contributed by atoms with Gasteiger partial charge in [-0.25, -0.2) is 4.68 Å². The van der Waals surface area contributed by atoms with Crippen molar-refractivity contribution in [3.63, 3.8) is 0 Å². The second-order valence-corrected chi connectivity index (χ2v) is 5.19. The molecule has 0 spiro atoms. The van der Waals surface area contributed by atoms with Crippen molar-refractivity contribution < 1.29 is 5.11 Å². The predicted octanol–water partition coefficient (Wildman–Crippen LogP) is 3.39. The molecule has 0 aliphatic heterocycles. The number of hydrogen-bond acceptors (Lipinski definition) is 3. The first-order valence-electron chi connectivity index (χ1n) is 6.58. The van der Waals surface area contributed by atoms with Crippen LogP contribution >= 0.6 is 11.6 Å². The molecule has 0 bridgehead atoms. The highest BCUT2D eigenvalue weighted by molar-refractivity contribution is 6.30. The highest BCUT2D eigenvalue weighted by atomic mass is 35.5. The smallest absolute Gasteiger partial charge is 0.117 e. The second-order valence-electron chi connectivity index (χ2n) is 4.75. The molecule has 3 rings (SSSR count). The normalized spacial score (nSPS) is 10.8. The minimum Gasteiger partial charge on any atom is -0.390 e. The number of nitrogens with zero attached hydrogens (tertiary/aromatic N) is 3. The van der Waals surface area contributed by atoms with E-state index in [0.29, 0.717) is 10.7 Å². The van der Waals surface area contributed by atoms with Gasteiger partial charge >= 0.3 is 0 Å². The summed E-state index contributed by atoms with van der Waals surface area (Å²) < 4.78 is 1.74. The lowest BCUT2D eigenvalue weighted by Crippen LogP contribution is -2.02. The molecule has 0 atom stereocenters. The van der Waals surface area contributed by atoms with Crippen molar-refractivity contribution in [1.82, 2.24) is 15.0 Å². The zero-order chi connectivity index (χ0) is 14.8. The summed E-state index contributed by atoms with van der Waals surface area (Å²) in [5.41, 5.74) is 4.17. The van der Waals surface area contributed by atoms with Gasteiger partial charge in [0.2, 0.25) is 0 Å². The Bertz CT molecular complexity index is 783. The van der Waals surface area contributed by atoms with Crippen LogP contribution in [0.5, 0.6) is 0 Å². The molecule has 0 amide bonds. The van der Waals surface area contributed by atoms with Crippen LogP contribution in [-0.2, 0) is 6.61 Å². The van der Waals surface area contributed by atoms with E-state index in [4.69, 9.17) is 11.6 Å². The molecule has 21 heavy (non-hydrogen) atoms. The lowest BCUT2D eigenvalue weighted by atomic mass is 10.1. The van der Waals surface area contributed by atoms with Crippen molar-refractivity contribution in [2.45, 2.75) is 13.5 Å². The molecule has 0 saturated heterocycles. The summed E-state index contributed by atoms with van der Waals surface area (Å²) in [5, 5.41) is 18.4. The minimum absolute atomic E-state index is 0.173. The van der Waals surface area contributed by atoms with Gasteiger partial charge in [0.05, 0.1) is 12.3 Å². The fraction of sp³-hybridized carbons (Fsp3) is 0.125. The van der Waals surface area contributed by atoms with Crippen LogP contribution in [0.15, 0.2) is 48.5 Å². The number of para-hydroxylation sites is 1. The first kappa shape index (κ1) is 13.8. The number of rotatable bonds is 3. The number of benzene rings is 2. The summed E-state index contributed by atoms with van der Waals surface area (Å²) >= 11 is 6.07. The van der Waals surface area contributed by atoms with Crippen molar-refractivity contribution in [2.24, 2.45) is 0 Å². The monoisotopic (exact) mass is 299 g/mol. The summed E-state index contributed by atoms with van der Waals surface area (Å²) in [6.45, 7) is 1.84. The third kappa shape index (κ3) is 2.55. The molecule has 3 aromatic rings. The zero-order valence-corrected chi connectivity index (χ0v) is 12.2. The number of hydrogen-bond donors (Lipinski definition) is 1. The summed E-state index contributed by atoms with van der Waals surface area (Å²) in [7, 11) is 0. The Hall–Kier alpha value is -2.17. The summed E-state index contributed by atoms with van der Waals surface area (Å²) in [4.78, 5) is 0. The molecule has 106 valence electrons. The van der Waals surface area contributed by atoms with Crippen molar-refractivity contribution in [3.8, 4) is 16.9 Å². The molecular formula is C16H14ClN3O. The number of halogens is 1. The highest BCUT2D eigenvalue weighted by Gasteiger charge is 2.16. The SMILES string of the molecule is Cc1ccccc1-n1nnc(CO)c1-c1cccc(Cl)c1. The molecule has 1 heterocycles. The van der Waals surface area contributed by atoms with Gasteiger partial charge in [0.1, 0.15) is 11.4 Å². The predicted molar refractivity (Wildman–Crippen MR) is 82.5 cm³/mol. The largest absolute Gasteiger partial charge is 0.390 e. The van der Waals surface area contributed by atoms with Gasteiger partial charge in [0, 0.05) is 10.6 Å². The zero-order valence-electron chi connectivity index (χ0n) is 11.5. The maximum absolute atomic E-state index is 9.53. The number of aliphatic hydroxyl groups excluding tert-OH is 1. The summed E-state index contributed by atoms with van der Waals surface area (Å²) in [5.74, 6) is 0. The molecule has 0 aliphatic carbocycles. The second kappa shape index (κ2) is 5.68. The van der Waals surface area contributed by atoms with Crippen LogP contribution in [0.4, 0.5) is 0 Å². The van der Waals surface area contributed by atoms with Gasteiger partial charge in [-0.05, 0) is 30.7 Å².